The second kappa shape index (κ2) is 9.28. The summed E-state index contributed by atoms with van der Waals surface area (Å²) in [4.78, 5) is 46.4. The number of fused-ring (bicyclic) bond motifs is 1. The van der Waals surface area contributed by atoms with Gasteiger partial charge in [-0.1, -0.05) is 11.6 Å². The summed E-state index contributed by atoms with van der Waals surface area (Å²) in [5.74, 6) is -2.47. The summed E-state index contributed by atoms with van der Waals surface area (Å²) < 4.78 is 5.13. The molecule has 1 aromatic carbocycles. The third-order valence-electron chi connectivity index (χ3n) is 4.28. The van der Waals surface area contributed by atoms with E-state index in [0.29, 0.717) is 10.9 Å². The number of primary amides is 1. The van der Waals surface area contributed by atoms with Crippen molar-refractivity contribution in [1.82, 2.24) is 10.6 Å². The van der Waals surface area contributed by atoms with Crippen molar-refractivity contribution in [3.63, 3.8) is 0 Å². The summed E-state index contributed by atoms with van der Waals surface area (Å²) in [5.41, 5.74) is 4.68. The van der Waals surface area contributed by atoms with E-state index in [1.807, 2.05) is 0 Å². The quantitative estimate of drug-likeness (QED) is 0.331. The smallest absolute Gasteiger partial charge is 0.340 e. The Bertz CT molecular complexity index is 1020. The van der Waals surface area contributed by atoms with Crippen molar-refractivity contribution in [2.24, 2.45) is 5.73 Å². The number of carboxylic acid groups (broad SMARTS) is 1. The molecule has 0 unspecified atom stereocenters. The van der Waals surface area contributed by atoms with Gasteiger partial charge in [-0.25, -0.2) is 9.59 Å². The number of benzene rings is 1. The number of rotatable bonds is 8. The number of nitrogens with one attached hydrogen (secondary N) is 2. The summed E-state index contributed by atoms with van der Waals surface area (Å²) in [7, 11) is 0. The van der Waals surface area contributed by atoms with Gasteiger partial charge in [0.05, 0.1) is 29.0 Å². The molecule has 0 aliphatic rings. The number of amides is 3. The molecule has 0 radical (unpaired) electrons. The number of phenols is 1. The number of hydrogen-bond acceptors (Lipinski definition) is 7. The molecule has 2 rings (SSSR count). The average molecular weight is 425 g/mol. The summed E-state index contributed by atoms with van der Waals surface area (Å²) in [6, 6.07) is 0.548. The highest BCUT2D eigenvalue weighted by molar-refractivity contribution is 6.32. The standard InChI is InChI=1S/C18H20ClN3O7/c1-8-9-5-11(19)13(23)7-14(9)29-17(27)10(8)6-15(24)22-12(16(25)26)3-2-4-21-18(20)28/h5,7,12,23H,2-4,6H2,1H3,(H,22,24)(H,25,26)(H3,20,21,28)/p-1/t12-/m0/s1. The number of carbonyl (C=O) groups excluding carboxylic acids is 3. The van der Waals surface area contributed by atoms with Gasteiger partial charge < -0.3 is 35.8 Å². The van der Waals surface area contributed by atoms with Crippen LogP contribution in [-0.2, 0) is 16.0 Å². The molecule has 156 valence electrons. The fourth-order valence-electron chi connectivity index (χ4n) is 2.77. The second-order valence-electron chi connectivity index (χ2n) is 6.34. The highest BCUT2D eigenvalue weighted by Crippen LogP contribution is 2.30. The van der Waals surface area contributed by atoms with E-state index in [1.165, 1.54) is 12.1 Å². The largest absolute Gasteiger partial charge is 0.548 e. The Morgan fingerprint density at radius 3 is 2.66 bits per heavy atom. The van der Waals surface area contributed by atoms with Gasteiger partial charge in [0.25, 0.3) is 0 Å². The Balaban J connectivity index is 2.15. The van der Waals surface area contributed by atoms with E-state index in [-0.39, 0.29) is 41.3 Å². The minimum atomic E-state index is -1.50. The van der Waals surface area contributed by atoms with E-state index in [2.05, 4.69) is 10.6 Å². The number of nitrogens with two attached hydrogens (primary N) is 1. The molecule has 2 aromatic rings. The van der Waals surface area contributed by atoms with Crippen LogP contribution in [0.4, 0.5) is 4.79 Å². The third-order valence-corrected chi connectivity index (χ3v) is 4.58. The normalized spacial score (nSPS) is 11.8. The summed E-state index contributed by atoms with van der Waals surface area (Å²) in [5, 5.41) is 25.9. The zero-order valence-corrected chi connectivity index (χ0v) is 16.2. The topological polar surface area (TPSA) is 175 Å². The van der Waals surface area contributed by atoms with Gasteiger partial charge in [-0.15, -0.1) is 0 Å². The van der Waals surface area contributed by atoms with Crippen LogP contribution in [0.25, 0.3) is 11.0 Å². The van der Waals surface area contributed by atoms with Crippen LogP contribution in [0.5, 0.6) is 5.75 Å². The molecule has 0 spiro atoms. The number of aryl methyl sites for hydroxylation is 1. The molecule has 0 bridgehead atoms. The first-order chi connectivity index (χ1) is 13.6. The number of halogens is 1. The molecule has 0 aliphatic heterocycles. The van der Waals surface area contributed by atoms with Gasteiger partial charge in [0, 0.05) is 18.0 Å². The molecular weight excluding hydrogens is 406 g/mol. The molecule has 0 aliphatic carbocycles. The Kier molecular flexibility index (Phi) is 7.05. The number of carbonyl (C=O) groups is 3. The number of hydrogen-bond donors (Lipinski definition) is 4. The molecule has 10 nitrogen and oxygen atoms in total. The first-order valence-corrected chi connectivity index (χ1v) is 8.96. The molecule has 0 saturated heterocycles. The van der Waals surface area contributed by atoms with E-state index in [4.69, 9.17) is 21.8 Å². The van der Waals surface area contributed by atoms with Gasteiger partial charge >= 0.3 is 11.7 Å². The van der Waals surface area contributed by atoms with Crippen molar-refractivity contribution >= 4 is 40.5 Å². The van der Waals surface area contributed by atoms with Crippen molar-refractivity contribution < 1.29 is 29.0 Å². The minimum absolute atomic E-state index is 0.00541. The Morgan fingerprint density at radius 2 is 2.03 bits per heavy atom. The zero-order valence-electron chi connectivity index (χ0n) is 15.4. The maximum atomic E-state index is 12.3. The number of carboxylic acids is 1. The molecular formula is C18H19ClN3O7-. The number of aliphatic carboxylic acids is 1. The predicted molar refractivity (Wildman–Crippen MR) is 101 cm³/mol. The average Bonchev–Trinajstić information content (AvgIpc) is 2.62. The molecule has 1 heterocycles. The maximum absolute atomic E-state index is 12.3. The van der Waals surface area contributed by atoms with Crippen LogP contribution in [0.15, 0.2) is 21.3 Å². The SMILES string of the molecule is Cc1c(CC(=O)N[C@@H](CCCNC(N)=O)C(=O)[O-])c(=O)oc2cc(O)c(Cl)cc12. The van der Waals surface area contributed by atoms with Crippen LogP contribution < -0.4 is 27.1 Å². The van der Waals surface area contributed by atoms with Gasteiger partial charge in [0.15, 0.2) is 0 Å². The van der Waals surface area contributed by atoms with Crippen molar-refractivity contribution in [3.05, 3.63) is 38.7 Å². The Morgan fingerprint density at radius 1 is 1.34 bits per heavy atom. The fourth-order valence-corrected chi connectivity index (χ4v) is 2.94. The fraction of sp³-hybridized carbons (Fsp3) is 0.333. The van der Waals surface area contributed by atoms with E-state index in [0.717, 1.165) is 0 Å². The Hall–Kier alpha value is -3.27. The molecule has 1 atom stereocenters. The monoisotopic (exact) mass is 424 g/mol. The lowest BCUT2D eigenvalue weighted by Gasteiger charge is -2.20. The summed E-state index contributed by atoms with van der Waals surface area (Å²) in [6.07, 6.45) is -0.193. The van der Waals surface area contributed by atoms with Crippen LogP contribution in [-0.4, -0.2) is 35.6 Å². The van der Waals surface area contributed by atoms with Gasteiger partial charge in [-0.3, -0.25) is 4.79 Å². The van der Waals surface area contributed by atoms with Crippen molar-refractivity contribution in [3.8, 4) is 5.75 Å². The lowest BCUT2D eigenvalue weighted by molar-refractivity contribution is -0.308. The summed E-state index contributed by atoms with van der Waals surface area (Å²) in [6.45, 7) is 1.72. The third kappa shape index (κ3) is 5.61. The minimum Gasteiger partial charge on any atom is -0.548 e. The molecule has 29 heavy (non-hydrogen) atoms. The maximum Gasteiger partial charge on any atom is 0.340 e. The van der Waals surface area contributed by atoms with E-state index in [1.54, 1.807) is 6.92 Å². The van der Waals surface area contributed by atoms with Gasteiger partial charge in [-0.2, -0.15) is 0 Å². The van der Waals surface area contributed by atoms with Crippen molar-refractivity contribution in [2.45, 2.75) is 32.2 Å². The van der Waals surface area contributed by atoms with Gasteiger partial charge in [-0.05, 0) is 31.4 Å². The molecule has 0 saturated carbocycles. The van der Waals surface area contributed by atoms with E-state index >= 15 is 0 Å². The van der Waals surface area contributed by atoms with Crippen LogP contribution >= 0.6 is 11.6 Å². The first kappa shape index (κ1) is 22.0. The Labute approximate surface area is 169 Å². The predicted octanol–water partition coefficient (Wildman–Crippen LogP) is -0.314. The number of phenolic OH excluding ortho intramolecular Hbond substituents is 1. The van der Waals surface area contributed by atoms with Crippen LogP contribution in [0.3, 0.4) is 0 Å². The second-order valence-corrected chi connectivity index (χ2v) is 6.75. The van der Waals surface area contributed by atoms with Crippen molar-refractivity contribution in [2.75, 3.05) is 6.54 Å². The lowest BCUT2D eigenvalue weighted by Crippen LogP contribution is -2.48. The highest BCUT2D eigenvalue weighted by atomic mass is 35.5. The van der Waals surface area contributed by atoms with Crippen LogP contribution in [0, 0.1) is 6.92 Å². The lowest BCUT2D eigenvalue weighted by atomic mass is 10.0. The number of aromatic hydroxyl groups is 1. The van der Waals surface area contributed by atoms with Gasteiger partial charge in [0.1, 0.15) is 11.3 Å². The summed E-state index contributed by atoms with van der Waals surface area (Å²) >= 11 is 5.89. The van der Waals surface area contributed by atoms with Crippen LogP contribution in [0.1, 0.15) is 24.0 Å². The molecule has 1 aromatic heterocycles. The van der Waals surface area contributed by atoms with E-state index in [9.17, 15) is 29.4 Å². The molecule has 3 amide bonds. The molecule has 0 fully saturated rings. The molecule has 5 N–H and O–H groups in total. The molecule has 11 heteroatoms. The highest BCUT2D eigenvalue weighted by Gasteiger charge is 2.19. The van der Waals surface area contributed by atoms with Crippen LogP contribution in [0.2, 0.25) is 5.02 Å². The van der Waals surface area contributed by atoms with Gasteiger partial charge in [0.2, 0.25) is 5.91 Å². The first-order valence-electron chi connectivity index (χ1n) is 8.58. The zero-order chi connectivity index (χ0) is 21.7. The van der Waals surface area contributed by atoms with Crippen molar-refractivity contribution in [1.29, 1.82) is 0 Å². The number of urea groups is 1. The van der Waals surface area contributed by atoms with E-state index < -0.39 is 36.0 Å².